The van der Waals surface area contributed by atoms with Crippen LogP contribution in [0.4, 0.5) is 0 Å². The zero-order valence-corrected chi connectivity index (χ0v) is 11.9. The lowest BCUT2D eigenvalue weighted by Crippen LogP contribution is -2.18. The molecule has 0 saturated heterocycles. The third-order valence-corrected chi connectivity index (χ3v) is 4.95. The summed E-state index contributed by atoms with van der Waals surface area (Å²) in [6.45, 7) is 2.11. The first-order valence-electron chi connectivity index (χ1n) is 6.51. The maximum atomic E-state index is 12.6. The molecule has 0 aromatic heterocycles. The Labute approximate surface area is 120 Å². The van der Waals surface area contributed by atoms with Crippen LogP contribution in [0.1, 0.15) is 28.4 Å². The van der Waals surface area contributed by atoms with Crippen LogP contribution >= 0.6 is 0 Å². The lowest BCUT2D eigenvalue weighted by molar-refractivity contribution is 0.0525. The van der Waals surface area contributed by atoms with E-state index in [-0.39, 0.29) is 5.97 Å². The lowest BCUT2D eigenvalue weighted by Gasteiger charge is -2.22. The van der Waals surface area contributed by atoms with Crippen molar-refractivity contribution in [2.75, 3.05) is 6.61 Å². The van der Waals surface area contributed by atoms with Crippen LogP contribution in [0.5, 0.6) is 0 Å². The summed E-state index contributed by atoms with van der Waals surface area (Å²) in [4.78, 5) is 13.6. The zero-order chi connectivity index (χ0) is 14.1. The Morgan fingerprint density at radius 1 is 1.20 bits per heavy atom. The molecule has 2 aromatic rings. The van der Waals surface area contributed by atoms with Crippen LogP contribution in [0.3, 0.4) is 0 Å². The Bertz CT molecular complexity index is 667. The van der Waals surface area contributed by atoms with Crippen LogP contribution in [0.25, 0.3) is 0 Å². The van der Waals surface area contributed by atoms with Gasteiger partial charge >= 0.3 is 5.97 Å². The van der Waals surface area contributed by atoms with Gasteiger partial charge < -0.3 is 9.29 Å². The van der Waals surface area contributed by atoms with E-state index in [0.717, 1.165) is 16.0 Å². The number of hydrogen-bond donors (Lipinski definition) is 0. The highest BCUT2D eigenvalue weighted by atomic mass is 32.2. The van der Waals surface area contributed by atoms with Gasteiger partial charge in [-0.2, -0.15) is 0 Å². The predicted molar refractivity (Wildman–Crippen MR) is 76.3 cm³/mol. The minimum absolute atomic E-state index is 0.335. The molecular weight excluding hydrogens is 272 g/mol. The van der Waals surface area contributed by atoms with Crippen LogP contribution in [-0.2, 0) is 22.3 Å². The molecule has 1 heterocycles. The van der Waals surface area contributed by atoms with E-state index in [1.54, 1.807) is 19.1 Å². The number of carbonyl (C=O) groups is 1. The highest BCUT2D eigenvalue weighted by molar-refractivity contribution is 7.91. The fourth-order valence-electron chi connectivity index (χ4n) is 2.46. The SMILES string of the molecule is CCOC(=O)c1cccc2c1Cc1ccccc1[S+]2[O-]. The molecule has 0 fully saturated rings. The molecule has 0 saturated carbocycles. The molecule has 0 amide bonds. The number of rotatable bonds is 2. The van der Waals surface area contributed by atoms with Gasteiger partial charge in [0.25, 0.3) is 0 Å². The first-order valence-corrected chi connectivity index (χ1v) is 7.66. The average Bonchev–Trinajstić information content (AvgIpc) is 2.47. The summed E-state index contributed by atoms with van der Waals surface area (Å²) in [5, 5.41) is 0. The number of carbonyl (C=O) groups excluding carboxylic acids is 1. The molecule has 2 aromatic carbocycles. The number of hydrogen-bond acceptors (Lipinski definition) is 3. The average molecular weight is 286 g/mol. The van der Waals surface area contributed by atoms with Crippen LogP contribution in [0.2, 0.25) is 0 Å². The second-order valence-electron chi connectivity index (χ2n) is 4.56. The van der Waals surface area contributed by atoms with Gasteiger partial charge in [-0.05, 0) is 25.1 Å². The van der Waals surface area contributed by atoms with Crippen LogP contribution in [-0.4, -0.2) is 17.1 Å². The van der Waals surface area contributed by atoms with Gasteiger partial charge in [0.1, 0.15) is 0 Å². The lowest BCUT2D eigenvalue weighted by atomic mass is 9.99. The highest BCUT2D eigenvalue weighted by Crippen LogP contribution is 2.35. The molecule has 1 aliphatic rings. The predicted octanol–water partition coefficient (Wildman–Crippen LogP) is 2.93. The Hall–Kier alpha value is -1.78. The molecule has 4 heteroatoms. The molecule has 0 spiro atoms. The first-order chi connectivity index (χ1) is 9.72. The van der Waals surface area contributed by atoms with Crippen LogP contribution in [0, 0.1) is 0 Å². The van der Waals surface area contributed by atoms with Gasteiger partial charge in [0.2, 0.25) is 0 Å². The summed E-state index contributed by atoms with van der Waals surface area (Å²) in [7, 11) is 0. The van der Waals surface area contributed by atoms with Crippen molar-refractivity contribution in [1.29, 1.82) is 0 Å². The van der Waals surface area contributed by atoms with Crippen molar-refractivity contribution >= 4 is 17.1 Å². The van der Waals surface area contributed by atoms with E-state index < -0.39 is 11.2 Å². The molecule has 0 bridgehead atoms. The summed E-state index contributed by atoms with van der Waals surface area (Å²) in [6.07, 6.45) is 0.617. The van der Waals surface area contributed by atoms with Gasteiger partial charge in [-0.15, -0.1) is 0 Å². The van der Waals surface area contributed by atoms with Gasteiger partial charge in [0, 0.05) is 28.7 Å². The third kappa shape index (κ3) is 2.11. The summed E-state index contributed by atoms with van der Waals surface area (Å²) >= 11 is -1.23. The summed E-state index contributed by atoms with van der Waals surface area (Å²) in [6, 6.07) is 13.0. The largest absolute Gasteiger partial charge is 0.606 e. The monoisotopic (exact) mass is 286 g/mol. The third-order valence-electron chi connectivity index (χ3n) is 3.37. The van der Waals surface area contributed by atoms with Crippen molar-refractivity contribution < 1.29 is 14.1 Å². The topological polar surface area (TPSA) is 49.4 Å². The fourth-order valence-corrected chi connectivity index (χ4v) is 3.89. The maximum Gasteiger partial charge on any atom is 0.338 e. The molecule has 0 N–H and O–H groups in total. The van der Waals surface area contributed by atoms with E-state index in [4.69, 9.17) is 4.74 Å². The normalized spacial score (nSPS) is 16.2. The van der Waals surface area contributed by atoms with Crippen LogP contribution < -0.4 is 0 Å². The van der Waals surface area contributed by atoms with Crippen molar-refractivity contribution in [2.24, 2.45) is 0 Å². The minimum atomic E-state index is -1.23. The van der Waals surface area contributed by atoms with Gasteiger partial charge in [-0.1, -0.05) is 24.3 Å². The Morgan fingerprint density at radius 2 is 1.95 bits per heavy atom. The molecule has 102 valence electrons. The molecule has 0 aliphatic carbocycles. The molecular formula is C16H14O3S. The highest BCUT2D eigenvalue weighted by Gasteiger charge is 2.31. The minimum Gasteiger partial charge on any atom is -0.606 e. The molecule has 1 aliphatic heterocycles. The molecule has 3 nitrogen and oxygen atoms in total. The number of fused-ring (bicyclic) bond motifs is 2. The van der Waals surface area contributed by atoms with Gasteiger partial charge in [-0.25, -0.2) is 4.79 Å². The first kappa shape index (κ1) is 13.2. The van der Waals surface area contributed by atoms with Gasteiger partial charge in [0.05, 0.1) is 12.2 Å². The fraction of sp³-hybridized carbons (Fsp3) is 0.188. The van der Waals surface area contributed by atoms with Crippen molar-refractivity contribution in [2.45, 2.75) is 23.1 Å². The molecule has 3 rings (SSSR count). The van der Waals surface area contributed by atoms with E-state index in [2.05, 4.69) is 0 Å². The Morgan fingerprint density at radius 3 is 2.75 bits per heavy atom. The molecule has 20 heavy (non-hydrogen) atoms. The quantitative estimate of drug-likeness (QED) is 0.630. The molecule has 0 radical (unpaired) electrons. The second-order valence-corrected chi connectivity index (χ2v) is 5.97. The van der Waals surface area contributed by atoms with Crippen molar-refractivity contribution in [3.8, 4) is 0 Å². The zero-order valence-electron chi connectivity index (χ0n) is 11.1. The number of benzene rings is 2. The van der Waals surface area contributed by atoms with Crippen LogP contribution in [0.15, 0.2) is 52.3 Å². The number of ether oxygens (including phenoxy) is 1. The summed E-state index contributed by atoms with van der Waals surface area (Å²) in [5.41, 5.74) is 2.35. The van der Waals surface area contributed by atoms with Crippen molar-refractivity contribution in [3.63, 3.8) is 0 Å². The molecule has 1 atom stereocenters. The Kier molecular flexibility index (Phi) is 3.51. The maximum absolute atomic E-state index is 12.6. The van der Waals surface area contributed by atoms with Gasteiger partial charge in [-0.3, -0.25) is 0 Å². The number of esters is 1. The van der Waals surface area contributed by atoms with E-state index in [9.17, 15) is 9.35 Å². The standard InChI is InChI=1S/C16H14O3S/c1-2-19-16(17)12-7-5-9-15-13(12)10-11-6-3-4-8-14(11)20(15)18/h3-9H,2,10H2,1H3. The second kappa shape index (κ2) is 5.31. The summed E-state index contributed by atoms with van der Waals surface area (Å²) < 4.78 is 17.7. The smallest absolute Gasteiger partial charge is 0.338 e. The van der Waals surface area contributed by atoms with E-state index in [1.807, 2.05) is 30.3 Å². The van der Waals surface area contributed by atoms with E-state index in [1.165, 1.54) is 0 Å². The van der Waals surface area contributed by atoms with Crippen molar-refractivity contribution in [1.82, 2.24) is 0 Å². The summed E-state index contributed by atoms with van der Waals surface area (Å²) in [5.74, 6) is -0.347. The van der Waals surface area contributed by atoms with Crippen molar-refractivity contribution in [3.05, 3.63) is 59.2 Å². The van der Waals surface area contributed by atoms with E-state index >= 15 is 0 Å². The molecule has 1 unspecified atom stereocenters. The van der Waals surface area contributed by atoms with E-state index in [0.29, 0.717) is 23.5 Å². The Balaban J connectivity index is 2.10. The van der Waals surface area contributed by atoms with Gasteiger partial charge in [0.15, 0.2) is 9.79 Å².